The Balaban J connectivity index is 1.85. The molecule has 1 heterocycles. The number of nitrogens with zero attached hydrogens (tertiary/aromatic N) is 3. The first-order valence-electron chi connectivity index (χ1n) is 10.1. The fourth-order valence-electron chi connectivity index (χ4n) is 3.44. The van der Waals surface area contributed by atoms with E-state index in [1.807, 2.05) is 49.4 Å². The summed E-state index contributed by atoms with van der Waals surface area (Å²) >= 11 is 0. The average Bonchev–Trinajstić information content (AvgIpc) is 2.99. The first-order chi connectivity index (χ1) is 14.7. The van der Waals surface area contributed by atoms with Gasteiger partial charge in [0.25, 0.3) is 10.0 Å². The SMILES string of the molecule is Cc1ccc(N(CC(=O)NCCc2ccccc2)S(=O)(=O)c2c(C)nn(C)c2C)cc1. The van der Waals surface area contributed by atoms with Gasteiger partial charge in [-0.2, -0.15) is 5.10 Å². The van der Waals surface area contributed by atoms with Crippen LogP contribution in [0, 0.1) is 20.8 Å². The van der Waals surface area contributed by atoms with Crippen molar-refractivity contribution in [3.63, 3.8) is 0 Å². The number of carbonyl (C=O) groups is 1. The molecule has 0 bridgehead atoms. The van der Waals surface area contributed by atoms with E-state index in [1.54, 1.807) is 33.0 Å². The molecule has 3 rings (SSSR count). The molecule has 8 heteroatoms. The van der Waals surface area contributed by atoms with Gasteiger partial charge in [0.2, 0.25) is 5.91 Å². The predicted octanol–water partition coefficient (Wildman–Crippen LogP) is 2.90. The van der Waals surface area contributed by atoms with Crippen LogP contribution in [0.15, 0.2) is 59.5 Å². The highest BCUT2D eigenvalue weighted by Crippen LogP contribution is 2.27. The highest BCUT2D eigenvalue weighted by atomic mass is 32.2. The molecule has 0 saturated carbocycles. The molecule has 0 aliphatic heterocycles. The third-order valence-electron chi connectivity index (χ3n) is 5.18. The number of sulfonamides is 1. The number of benzene rings is 2. The number of nitrogens with one attached hydrogen (secondary N) is 1. The van der Waals surface area contributed by atoms with Crippen LogP contribution in [-0.2, 0) is 28.3 Å². The van der Waals surface area contributed by atoms with Crippen molar-refractivity contribution < 1.29 is 13.2 Å². The van der Waals surface area contributed by atoms with Gasteiger partial charge in [-0.15, -0.1) is 0 Å². The summed E-state index contributed by atoms with van der Waals surface area (Å²) in [4.78, 5) is 12.8. The lowest BCUT2D eigenvalue weighted by atomic mass is 10.1. The van der Waals surface area contributed by atoms with Crippen molar-refractivity contribution >= 4 is 21.6 Å². The van der Waals surface area contributed by atoms with Crippen molar-refractivity contribution in [1.29, 1.82) is 0 Å². The van der Waals surface area contributed by atoms with E-state index in [9.17, 15) is 13.2 Å². The van der Waals surface area contributed by atoms with Crippen LogP contribution in [0.3, 0.4) is 0 Å². The molecule has 1 amide bonds. The number of anilines is 1. The Morgan fingerprint density at radius 3 is 2.26 bits per heavy atom. The molecule has 3 aromatic rings. The van der Waals surface area contributed by atoms with E-state index in [4.69, 9.17) is 0 Å². The van der Waals surface area contributed by atoms with Gasteiger partial charge in [-0.05, 0) is 44.9 Å². The van der Waals surface area contributed by atoms with Crippen molar-refractivity contribution in [2.24, 2.45) is 7.05 Å². The molecular formula is C23H28N4O3S. The largest absolute Gasteiger partial charge is 0.354 e. The Morgan fingerprint density at radius 2 is 1.68 bits per heavy atom. The normalized spacial score (nSPS) is 11.4. The minimum absolute atomic E-state index is 0.132. The number of carbonyl (C=O) groups excluding carboxylic acids is 1. The molecule has 1 aromatic heterocycles. The van der Waals surface area contributed by atoms with Gasteiger partial charge in [-0.3, -0.25) is 13.8 Å². The molecule has 2 aromatic carbocycles. The number of aryl methyl sites for hydroxylation is 3. The summed E-state index contributed by atoms with van der Waals surface area (Å²) in [6.45, 7) is 5.41. The standard InChI is InChI=1S/C23H28N4O3S/c1-17-10-12-21(13-11-17)27(31(29,30)23-18(2)25-26(4)19(23)3)16-22(28)24-15-14-20-8-6-5-7-9-20/h5-13H,14-16H2,1-4H3,(H,24,28). The highest BCUT2D eigenvalue weighted by Gasteiger charge is 2.32. The molecule has 0 aliphatic rings. The van der Waals surface area contributed by atoms with E-state index >= 15 is 0 Å². The average molecular weight is 441 g/mol. The lowest BCUT2D eigenvalue weighted by Crippen LogP contribution is -2.41. The summed E-state index contributed by atoms with van der Waals surface area (Å²) < 4.78 is 29.9. The van der Waals surface area contributed by atoms with Gasteiger partial charge in [0.15, 0.2) is 0 Å². The third-order valence-corrected chi connectivity index (χ3v) is 7.21. The smallest absolute Gasteiger partial charge is 0.268 e. The molecule has 7 nitrogen and oxygen atoms in total. The first-order valence-corrected chi connectivity index (χ1v) is 11.5. The zero-order valence-electron chi connectivity index (χ0n) is 18.3. The Labute approximate surface area is 183 Å². The van der Waals surface area contributed by atoms with E-state index in [0.29, 0.717) is 30.0 Å². The second-order valence-electron chi connectivity index (χ2n) is 7.56. The molecule has 0 spiro atoms. The number of amides is 1. The number of hydrogen-bond donors (Lipinski definition) is 1. The Hall–Kier alpha value is -3.13. The molecular weight excluding hydrogens is 412 g/mol. The number of aromatic nitrogens is 2. The summed E-state index contributed by atoms with van der Waals surface area (Å²) in [6.07, 6.45) is 0.671. The number of hydrogen-bond acceptors (Lipinski definition) is 4. The highest BCUT2D eigenvalue weighted by molar-refractivity contribution is 7.93. The summed E-state index contributed by atoms with van der Waals surface area (Å²) in [5.74, 6) is -0.362. The van der Waals surface area contributed by atoms with Crippen molar-refractivity contribution in [2.45, 2.75) is 32.1 Å². The minimum atomic E-state index is -3.99. The summed E-state index contributed by atoms with van der Waals surface area (Å²) in [6, 6.07) is 16.9. The van der Waals surface area contributed by atoms with Gasteiger partial charge in [-0.1, -0.05) is 48.0 Å². The van der Waals surface area contributed by atoms with E-state index in [1.165, 1.54) is 4.68 Å². The van der Waals surface area contributed by atoms with Gasteiger partial charge in [-0.25, -0.2) is 8.42 Å². The van der Waals surface area contributed by atoms with E-state index in [2.05, 4.69) is 10.4 Å². The minimum Gasteiger partial charge on any atom is -0.354 e. The van der Waals surface area contributed by atoms with Crippen LogP contribution >= 0.6 is 0 Å². The van der Waals surface area contributed by atoms with Crippen molar-refractivity contribution in [3.05, 3.63) is 77.1 Å². The topological polar surface area (TPSA) is 84.3 Å². The maximum atomic E-state index is 13.6. The molecule has 0 radical (unpaired) electrons. The van der Waals surface area contributed by atoms with Crippen molar-refractivity contribution in [2.75, 3.05) is 17.4 Å². The van der Waals surface area contributed by atoms with Gasteiger partial charge >= 0.3 is 0 Å². The van der Waals surface area contributed by atoms with E-state index in [0.717, 1.165) is 15.4 Å². The quantitative estimate of drug-likeness (QED) is 0.584. The van der Waals surface area contributed by atoms with Gasteiger partial charge in [0.1, 0.15) is 11.4 Å². The van der Waals surface area contributed by atoms with Gasteiger partial charge in [0.05, 0.1) is 17.1 Å². The number of rotatable bonds is 8. The third kappa shape index (κ3) is 5.14. The molecule has 0 unspecified atom stereocenters. The summed E-state index contributed by atoms with van der Waals surface area (Å²) in [5.41, 5.74) is 3.47. The molecule has 1 N–H and O–H groups in total. The molecule has 0 aliphatic carbocycles. The lowest BCUT2D eigenvalue weighted by molar-refractivity contribution is -0.119. The molecule has 164 valence electrons. The van der Waals surface area contributed by atoms with E-state index < -0.39 is 10.0 Å². The second kappa shape index (κ2) is 9.34. The maximum absolute atomic E-state index is 13.6. The van der Waals surface area contributed by atoms with Crippen LogP contribution in [0.25, 0.3) is 0 Å². The fourth-order valence-corrected chi connectivity index (χ4v) is 5.27. The van der Waals surface area contributed by atoms with Crippen LogP contribution in [0.1, 0.15) is 22.5 Å². The van der Waals surface area contributed by atoms with Crippen molar-refractivity contribution in [3.8, 4) is 0 Å². The fraction of sp³-hybridized carbons (Fsp3) is 0.304. The molecule has 0 saturated heterocycles. The zero-order valence-corrected chi connectivity index (χ0v) is 19.1. The zero-order chi connectivity index (χ0) is 22.6. The van der Waals surface area contributed by atoms with Crippen LogP contribution in [-0.4, -0.2) is 37.2 Å². The summed E-state index contributed by atoms with van der Waals surface area (Å²) in [5, 5.41) is 7.07. The maximum Gasteiger partial charge on any atom is 0.268 e. The second-order valence-corrected chi connectivity index (χ2v) is 9.36. The summed E-state index contributed by atoms with van der Waals surface area (Å²) in [7, 11) is -2.29. The van der Waals surface area contributed by atoms with E-state index in [-0.39, 0.29) is 17.3 Å². The van der Waals surface area contributed by atoms with Crippen LogP contribution in [0.5, 0.6) is 0 Å². The Bertz CT molecular complexity index is 1150. The van der Waals surface area contributed by atoms with Crippen LogP contribution < -0.4 is 9.62 Å². The Morgan fingerprint density at radius 1 is 1.03 bits per heavy atom. The molecule has 0 fully saturated rings. The Kier molecular flexibility index (Phi) is 6.80. The monoisotopic (exact) mass is 440 g/mol. The van der Waals surface area contributed by atoms with Gasteiger partial charge < -0.3 is 5.32 Å². The lowest BCUT2D eigenvalue weighted by Gasteiger charge is -2.24. The van der Waals surface area contributed by atoms with Gasteiger partial charge in [0, 0.05) is 13.6 Å². The molecule has 0 atom stereocenters. The molecule has 31 heavy (non-hydrogen) atoms. The predicted molar refractivity (Wildman–Crippen MR) is 122 cm³/mol. The first kappa shape index (κ1) is 22.6. The van der Waals surface area contributed by atoms with Crippen molar-refractivity contribution in [1.82, 2.24) is 15.1 Å². The van der Waals surface area contributed by atoms with Crippen LogP contribution in [0.2, 0.25) is 0 Å². The van der Waals surface area contributed by atoms with Crippen LogP contribution in [0.4, 0.5) is 5.69 Å².